The van der Waals surface area contributed by atoms with Gasteiger partial charge in [0.05, 0.1) is 13.7 Å². The molecule has 0 aliphatic carbocycles. The zero-order valence-electron chi connectivity index (χ0n) is 18.6. The molecule has 0 aromatic heterocycles. The number of ether oxygens (including phenoxy) is 2. The van der Waals surface area contributed by atoms with Gasteiger partial charge in [-0.25, -0.2) is 0 Å². The summed E-state index contributed by atoms with van der Waals surface area (Å²) in [6, 6.07) is 14.1. The van der Waals surface area contributed by atoms with Crippen LogP contribution in [0.5, 0.6) is 17.2 Å². The monoisotopic (exact) mass is 412 g/mol. The number of phenols is 1. The third-order valence-corrected chi connectivity index (χ3v) is 5.83. The van der Waals surface area contributed by atoms with Gasteiger partial charge in [-0.3, -0.25) is 0 Å². The van der Waals surface area contributed by atoms with E-state index in [1.807, 2.05) is 31.2 Å². The maximum atomic E-state index is 9.90. The summed E-state index contributed by atoms with van der Waals surface area (Å²) < 4.78 is 10.8. The van der Waals surface area contributed by atoms with E-state index in [2.05, 4.69) is 29.0 Å². The molecule has 0 unspecified atom stereocenters. The Balaban J connectivity index is 1.46. The summed E-state index contributed by atoms with van der Waals surface area (Å²) in [7, 11) is 3.89. The summed E-state index contributed by atoms with van der Waals surface area (Å²) >= 11 is 0. The first-order valence-corrected chi connectivity index (χ1v) is 11.1. The SMILES string of the molecule is CCOc1cc(CN(C)C[C@@H]2CCCN(CCc3ccc(OC)cc3)C2)ccc1O. The Labute approximate surface area is 181 Å². The lowest BCUT2D eigenvalue weighted by atomic mass is 9.97. The quantitative estimate of drug-likeness (QED) is 0.634. The second-order valence-electron chi connectivity index (χ2n) is 8.34. The summed E-state index contributed by atoms with van der Waals surface area (Å²) in [5.41, 5.74) is 2.54. The van der Waals surface area contributed by atoms with Gasteiger partial charge in [0.2, 0.25) is 0 Å². The molecule has 0 radical (unpaired) electrons. The summed E-state index contributed by atoms with van der Waals surface area (Å²) in [5, 5.41) is 9.90. The molecule has 1 saturated heterocycles. The lowest BCUT2D eigenvalue weighted by Gasteiger charge is -2.34. The molecule has 30 heavy (non-hydrogen) atoms. The highest BCUT2D eigenvalue weighted by atomic mass is 16.5. The zero-order chi connectivity index (χ0) is 21.3. The maximum absolute atomic E-state index is 9.90. The lowest BCUT2D eigenvalue weighted by molar-refractivity contribution is 0.142. The Morgan fingerprint density at radius 3 is 2.63 bits per heavy atom. The fourth-order valence-electron chi connectivity index (χ4n) is 4.33. The second kappa shape index (κ2) is 11.2. The van der Waals surface area contributed by atoms with Crippen LogP contribution in [0.15, 0.2) is 42.5 Å². The molecule has 0 spiro atoms. The first-order chi connectivity index (χ1) is 14.6. The highest BCUT2D eigenvalue weighted by molar-refractivity contribution is 5.41. The minimum Gasteiger partial charge on any atom is -0.504 e. The molecule has 3 rings (SSSR count). The number of likely N-dealkylation sites (tertiary alicyclic amines) is 1. The van der Waals surface area contributed by atoms with Gasteiger partial charge in [0.25, 0.3) is 0 Å². The summed E-state index contributed by atoms with van der Waals surface area (Å²) in [6.45, 7) is 7.92. The van der Waals surface area contributed by atoms with Crippen molar-refractivity contribution in [1.29, 1.82) is 0 Å². The number of piperidine rings is 1. The van der Waals surface area contributed by atoms with Crippen LogP contribution in [0.3, 0.4) is 0 Å². The van der Waals surface area contributed by atoms with Gasteiger partial charge >= 0.3 is 0 Å². The van der Waals surface area contributed by atoms with Gasteiger partial charge in [-0.15, -0.1) is 0 Å². The number of hydrogen-bond donors (Lipinski definition) is 1. The first-order valence-electron chi connectivity index (χ1n) is 11.1. The zero-order valence-corrected chi connectivity index (χ0v) is 18.6. The standard InChI is InChI=1S/C25H36N2O3/c1-4-30-25-16-21(9-12-24(25)28)17-26(2)18-22-6-5-14-27(19-22)15-13-20-7-10-23(29-3)11-8-20/h7-12,16,22,28H,4-6,13-15,17-19H2,1-3H3/t22-/m0/s1. The van der Waals surface area contributed by atoms with Gasteiger partial charge in [0, 0.05) is 26.2 Å². The van der Waals surface area contributed by atoms with Crippen LogP contribution in [0.25, 0.3) is 0 Å². The van der Waals surface area contributed by atoms with Gasteiger partial charge in [-0.1, -0.05) is 18.2 Å². The molecule has 0 bridgehead atoms. The van der Waals surface area contributed by atoms with Crippen molar-refractivity contribution in [3.05, 3.63) is 53.6 Å². The summed E-state index contributed by atoms with van der Waals surface area (Å²) in [6.07, 6.45) is 3.65. The van der Waals surface area contributed by atoms with Crippen LogP contribution in [-0.2, 0) is 13.0 Å². The first kappa shape index (κ1) is 22.4. The van der Waals surface area contributed by atoms with E-state index >= 15 is 0 Å². The number of rotatable bonds is 10. The van der Waals surface area contributed by atoms with Gasteiger partial charge in [0.1, 0.15) is 5.75 Å². The Morgan fingerprint density at radius 2 is 1.90 bits per heavy atom. The van der Waals surface area contributed by atoms with E-state index in [1.165, 1.54) is 37.1 Å². The Kier molecular flexibility index (Phi) is 8.40. The Hall–Kier alpha value is -2.24. The van der Waals surface area contributed by atoms with E-state index in [1.54, 1.807) is 13.2 Å². The molecule has 2 aromatic rings. The summed E-state index contributed by atoms with van der Waals surface area (Å²) in [5.74, 6) is 2.40. The number of benzene rings is 2. The second-order valence-corrected chi connectivity index (χ2v) is 8.34. The van der Waals surface area contributed by atoms with Crippen LogP contribution in [0.2, 0.25) is 0 Å². The molecule has 164 valence electrons. The molecular formula is C25H36N2O3. The molecule has 2 aromatic carbocycles. The van der Waals surface area contributed by atoms with E-state index in [-0.39, 0.29) is 5.75 Å². The smallest absolute Gasteiger partial charge is 0.161 e. The van der Waals surface area contributed by atoms with E-state index in [0.29, 0.717) is 18.3 Å². The van der Waals surface area contributed by atoms with Crippen molar-refractivity contribution in [1.82, 2.24) is 9.80 Å². The van der Waals surface area contributed by atoms with Crippen molar-refractivity contribution in [2.24, 2.45) is 5.92 Å². The molecule has 1 atom stereocenters. The predicted octanol–water partition coefficient (Wildman–Crippen LogP) is 4.19. The average Bonchev–Trinajstić information content (AvgIpc) is 2.75. The molecule has 0 amide bonds. The highest BCUT2D eigenvalue weighted by Crippen LogP contribution is 2.27. The minimum atomic E-state index is 0.211. The molecule has 1 fully saturated rings. The number of hydrogen-bond acceptors (Lipinski definition) is 5. The molecule has 5 nitrogen and oxygen atoms in total. The Bertz CT molecular complexity index is 778. The van der Waals surface area contributed by atoms with Crippen molar-refractivity contribution in [3.8, 4) is 17.2 Å². The topological polar surface area (TPSA) is 45.2 Å². The third-order valence-electron chi connectivity index (χ3n) is 5.83. The van der Waals surface area contributed by atoms with Crippen molar-refractivity contribution < 1.29 is 14.6 Å². The highest BCUT2D eigenvalue weighted by Gasteiger charge is 2.21. The van der Waals surface area contributed by atoms with Crippen molar-refractivity contribution >= 4 is 0 Å². The van der Waals surface area contributed by atoms with E-state index in [9.17, 15) is 5.11 Å². The van der Waals surface area contributed by atoms with Crippen molar-refractivity contribution in [2.45, 2.75) is 32.7 Å². The van der Waals surface area contributed by atoms with Crippen molar-refractivity contribution in [2.75, 3.05) is 46.9 Å². The number of methoxy groups -OCH3 is 1. The predicted molar refractivity (Wildman–Crippen MR) is 121 cm³/mol. The van der Waals surface area contributed by atoms with Crippen molar-refractivity contribution in [3.63, 3.8) is 0 Å². The normalized spacial score (nSPS) is 17.3. The molecule has 1 heterocycles. The number of aromatic hydroxyl groups is 1. The van der Waals surface area contributed by atoms with Crippen LogP contribution in [0.1, 0.15) is 30.9 Å². The molecule has 5 heteroatoms. The van der Waals surface area contributed by atoms with Gasteiger partial charge in [0.15, 0.2) is 11.5 Å². The minimum absolute atomic E-state index is 0.211. The van der Waals surface area contributed by atoms with Crippen LogP contribution in [-0.4, -0.2) is 61.8 Å². The van der Waals surface area contributed by atoms with E-state index in [0.717, 1.165) is 31.8 Å². The van der Waals surface area contributed by atoms with Crippen LogP contribution >= 0.6 is 0 Å². The average molecular weight is 413 g/mol. The molecule has 0 saturated carbocycles. The number of phenolic OH excluding ortho intramolecular Hbond substituents is 1. The van der Waals surface area contributed by atoms with E-state index < -0.39 is 0 Å². The van der Waals surface area contributed by atoms with Crippen LogP contribution in [0, 0.1) is 5.92 Å². The van der Waals surface area contributed by atoms with Gasteiger partial charge in [-0.2, -0.15) is 0 Å². The summed E-state index contributed by atoms with van der Waals surface area (Å²) in [4.78, 5) is 5.00. The molecule has 1 N–H and O–H groups in total. The molecular weight excluding hydrogens is 376 g/mol. The largest absolute Gasteiger partial charge is 0.504 e. The maximum Gasteiger partial charge on any atom is 0.161 e. The lowest BCUT2D eigenvalue weighted by Crippen LogP contribution is -2.40. The fraction of sp³-hybridized carbons (Fsp3) is 0.520. The third kappa shape index (κ3) is 6.64. The molecule has 1 aliphatic rings. The van der Waals surface area contributed by atoms with E-state index in [4.69, 9.17) is 9.47 Å². The molecule has 1 aliphatic heterocycles. The Morgan fingerprint density at radius 1 is 1.13 bits per heavy atom. The van der Waals surface area contributed by atoms with Crippen LogP contribution < -0.4 is 9.47 Å². The van der Waals surface area contributed by atoms with Crippen LogP contribution in [0.4, 0.5) is 0 Å². The van der Waals surface area contributed by atoms with Gasteiger partial charge in [-0.05, 0) is 81.1 Å². The fourth-order valence-corrected chi connectivity index (χ4v) is 4.33. The number of nitrogens with zero attached hydrogens (tertiary/aromatic N) is 2. The van der Waals surface area contributed by atoms with Gasteiger partial charge < -0.3 is 24.4 Å².